The molecule has 166 valence electrons. The second kappa shape index (κ2) is 9.69. The van der Waals surface area contributed by atoms with Gasteiger partial charge in [0.2, 0.25) is 0 Å². The fraction of sp³-hybridized carbons (Fsp3) is 0.400. The number of nitrogens with zero attached hydrogens (tertiary/aromatic N) is 1. The van der Waals surface area contributed by atoms with Gasteiger partial charge in [0.1, 0.15) is 0 Å². The van der Waals surface area contributed by atoms with Crippen LogP contribution in [0.25, 0.3) is 5.57 Å². The first-order valence-electron chi connectivity index (χ1n) is 10.8. The molecule has 0 spiro atoms. The molecule has 1 amide bonds. The highest BCUT2D eigenvalue weighted by Gasteiger charge is 2.31. The van der Waals surface area contributed by atoms with Crippen molar-refractivity contribution >= 4 is 11.5 Å². The molecule has 2 aromatic carbocycles. The van der Waals surface area contributed by atoms with Gasteiger partial charge in [-0.25, -0.2) is 0 Å². The number of amides is 1. The van der Waals surface area contributed by atoms with Crippen molar-refractivity contribution in [3.8, 4) is 0 Å². The maximum Gasteiger partial charge on any atom is 0.416 e. The summed E-state index contributed by atoms with van der Waals surface area (Å²) in [6, 6.07) is 11.5. The van der Waals surface area contributed by atoms with Gasteiger partial charge in [0, 0.05) is 18.7 Å². The van der Waals surface area contributed by atoms with Gasteiger partial charge in [-0.15, -0.1) is 0 Å². The summed E-state index contributed by atoms with van der Waals surface area (Å²) in [5.74, 6) is -0.0393. The highest BCUT2D eigenvalue weighted by atomic mass is 19.4. The summed E-state index contributed by atoms with van der Waals surface area (Å²) in [6.07, 6.45) is -2.83. The van der Waals surface area contributed by atoms with Crippen LogP contribution in [0.5, 0.6) is 0 Å². The number of rotatable bonds is 5. The minimum absolute atomic E-state index is 0.0393. The molecular formula is C25H29F3N2O. The molecule has 2 aromatic rings. The number of halogens is 3. The van der Waals surface area contributed by atoms with Crippen molar-refractivity contribution in [3.63, 3.8) is 0 Å². The van der Waals surface area contributed by atoms with E-state index in [0.29, 0.717) is 29.8 Å². The van der Waals surface area contributed by atoms with Crippen molar-refractivity contribution in [1.29, 1.82) is 0 Å². The standard InChI is InChI=1S/C25H29F3N2O/c1-4-30(5-2)24(31)20-8-6-18(7-9-20)23(19-10-12-29-13-11-19)21-14-17(3)15-22(16-21)25(26,27)28/h6-9,14-16,29H,4-5,10-13H2,1-3H3. The SMILES string of the molecule is CCN(CC)C(=O)c1ccc(C(=C2CCNCC2)c2cc(C)cc(C(F)(F)F)c2)cc1. The second-order valence-electron chi connectivity index (χ2n) is 7.87. The Morgan fingerprint density at radius 1 is 0.935 bits per heavy atom. The van der Waals surface area contributed by atoms with Gasteiger partial charge >= 0.3 is 6.18 Å². The first kappa shape index (κ1) is 23.1. The second-order valence-corrected chi connectivity index (χ2v) is 7.87. The maximum atomic E-state index is 13.5. The topological polar surface area (TPSA) is 32.3 Å². The number of piperidine rings is 1. The Labute approximate surface area is 182 Å². The van der Waals surface area contributed by atoms with Gasteiger partial charge in [0.15, 0.2) is 0 Å². The fourth-order valence-corrected chi connectivity index (χ4v) is 4.12. The molecule has 1 saturated heterocycles. The average Bonchev–Trinajstić information content (AvgIpc) is 2.75. The zero-order valence-corrected chi connectivity index (χ0v) is 18.3. The van der Waals surface area contributed by atoms with Crippen LogP contribution in [0, 0.1) is 6.92 Å². The van der Waals surface area contributed by atoms with Crippen LogP contribution in [0.2, 0.25) is 0 Å². The summed E-state index contributed by atoms with van der Waals surface area (Å²) >= 11 is 0. The molecule has 3 nitrogen and oxygen atoms in total. The van der Waals surface area contributed by atoms with Crippen molar-refractivity contribution in [2.75, 3.05) is 26.2 Å². The minimum atomic E-state index is -4.40. The first-order valence-corrected chi connectivity index (χ1v) is 10.8. The molecule has 0 aromatic heterocycles. The van der Waals surface area contributed by atoms with E-state index in [-0.39, 0.29) is 5.91 Å². The van der Waals surface area contributed by atoms with Gasteiger partial charge in [0.05, 0.1) is 5.56 Å². The molecule has 0 unspecified atom stereocenters. The first-order chi connectivity index (χ1) is 14.7. The van der Waals surface area contributed by atoms with Gasteiger partial charge in [-0.05, 0) is 93.2 Å². The van der Waals surface area contributed by atoms with Gasteiger partial charge in [0.25, 0.3) is 5.91 Å². The van der Waals surface area contributed by atoms with Crippen LogP contribution in [-0.2, 0) is 6.18 Å². The average molecular weight is 431 g/mol. The van der Waals surface area contributed by atoms with Crippen LogP contribution in [0.4, 0.5) is 13.2 Å². The summed E-state index contributed by atoms with van der Waals surface area (Å²) in [7, 11) is 0. The van der Waals surface area contributed by atoms with Crippen LogP contribution in [-0.4, -0.2) is 37.0 Å². The molecule has 0 radical (unpaired) electrons. The third-order valence-electron chi connectivity index (χ3n) is 5.73. The molecule has 0 aliphatic carbocycles. The van der Waals surface area contributed by atoms with Crippen molar-refractivity contribution in [2.24, 2.45) is 0 Å². The predicted octanol–water partition coefficient (Wildman–Crippen LogP) is 5.68. The zero-order valence-electron chi connectivity index (χ0n) is 18.3. The Kier molecular flexibility index (Phi) is 7.21. The molecule has 1 N–H and O–H groups in total. The summed E-state index contributed by atoms with van der Waals surface area (Å²) < 4.78 is 40.4. The van der Waals surface area contributed by atoms with Crippen molar-refractivity contribution in [1.82, 2.24) is 10.2 Å². The van der Waals surface area contributed by atoms with E-state index in [1.54, 1.807) is 24.0 Å². The monoisotopic (exact) mass is 430 g/mol. The number of carbonyl (C=O) groups excluding carboxylic acids is 1. The van der Waals surface area contributed by atoms with E-state index in [0.717, 1.165) is 42.6 Å². The van der Waals surface area contributed by atoms with Crippen LogP contribution in [0.1, 0.15) is 59.3 Å². The minimum Gasteiger partial charge on any atom is -0.339 e. The molecule has 0 atom stereocenters. The van der Waals surface area contributed by atoms with E-state index in [4.69, 9.17) is 0 Å². The normalized spacial score (nSPS) is 14.5. The van der Waals surface area contributed by atoms with Gasteiger partial charge in [-0.2, -0.15) is 13.2 Å². The van der Waals surface area contributed by atoms with Gasteiger partial charge in [-0.3, -0.25) is 4.79 Å². The lowest BCUT2D eigenvalue weighted by molar-refractivity contribution is -0.137. The zero-order chi connectivity index (χ0) is 22.6. The van der Waals surface area contributed by atoms with Crippen LogP contribution in [0.15, 0.2) is 48.0 Å². The largest absolute Gasteiger partial charge is 0.416 e. The fourth-order valence-electron chi connectivity index (χ4n) is 4.12. The molecule has 0 bridgehead atoms. The lowest BCUT2D eigenvalue weighted by Gasteiger charge is -2.23. The molecule has 1 aliphatic rings. The van der Waals surface area contributed by atoms with Crippen molar-refractivity contribution in [3.05, 3.63) is 75.9 Å². The summed E-state index contributed by atoms with van der Waals surface area (Å²) in [5.41, 5.74) is 3.92. The van der Waals surface area contributed by atoms with E-state index >= 15 is 0 Å². The molecule has 3 rings (SSSR count). The van der Waals surface area contributed by atoms with Gasteiger partial charge < -0.3 is 10.2 Å². The number of carbonyl (C=O) groups is 1. The van der Waals surface area contributed by atoms with E-state index in [1.165, 1.54) is 12.1 Å². The van der Waals surface area contributed by atoms with Crippen LogP contribution >= 0.6 is 0 Å². The molecule has 6 heteroatoms. The van der Waals surface area contributed by atoms with Crippen molar-refractivity contribution in [2.45, 2.75) is 39.8 Å². The molecule has 1 fully saturated rings. The van der Waals surface area contributed by atoms with E-state index in [2.05, 4.69) is 5.32 Å². The number of benzene rings is 2. The summed E-state index contributed by atoms with van der Waals surface area (Å²) in [6.45, 7) is 8.42. The Hall–Kier alpha value is -2.60. The van der Waals surface area contributed by atoms with Crippen molar-refractivity contribution < 1.29 is 18.0 Å². The maximum absolute atomic E-state index is 13.5. The molecular weight excluding hydrogens is 401 g/mol. The molecule has 1 heterocycles. The predicted molar refractivity (Wildman–Crippen MR) is 118 cm³/mol. The Bertz CT molecular complexity index is 950. The van der Waals surface area contributed by atoms with Crippen LogP contribution < -0.4 is 5.32 Å². The van der Waals surface area contributed by atoms with E-state index in [1.807, 2.05) is 32.0 Å². The lowest BCUT2D eigenvalue weighted by atomic mass is 9.87. The molecule has 1 aliphatic heterocycles. The van der Waals surface area contributed by atoms with E-state index in [9.17, 15) is 18.0 Å². The Balaban J connectivity index is 2.08. The Morgan fingerprint density at radius 2 is 1.52 bits per heavy atom. The Morgan fingerprint density at radius 3 is 2.06 bits per heavy atom. The molecule has 31 heavy (non-hydrogen) atoms. The highest BCUT2D eigenvalue weighted by Crippen LogP contribution is 2.36. The van der Waals surface area contributed by atoms with Gasteiger partial charge in [-0.1, -0.05) is 23.8 Å². The number of hydrogen-bond donors (Lipinski definition) is 1. The number of hydrogen-bond acceptors (Lipinski definition) is 2. The third-order valence-corrected chi connectivity index (χ3v) is 5.73. The number of aryl methyl sites for hydroxylation is 1. The third kappa shape index (κ3) is 5.37. The molecule has 0 saturated carbocycles. The summed E-state index contributed by atoms with van der Waals surface area (Å²) in [4.78, 5) is 14.4. The number of nitrogens with one attached hydrogen (secondary N) is 1. The quantitative estimate of drug-likeness (QED) is 0.662. The lowest BCUT2D eigenvalue weighted by Crippen LogP contribution is -2.30. The smallest absolute Gasteiger partial charge is 0.339 e. The number of alkyl halides is 3. The highest BCUT2D eigenvalue weighted by molar-refractivity contribution is 5.95. The summed E-state index contributed by atoms with van der Waals surface area (Å²) in [5, 5.41) is 3.30. The van der Waals surface area contributed by atoms with Crippen LogP contribution in [0.3, 0.4) is 0 Å². The van der Waals surface area contributed by atoms with E-state index < -0.39 is 11.7 Å².